The lowest BCUT2D eigenvalue weighted by molar-refractivity contribution is -0.155. The molecule has 5 rings (SSSR count). The number of esters is 1. The zero-order valence-electron chi connectivity index (χ0n) is 20.6. The highest BCUT2D eigenvalue weighted by molar-refractivity contribution is 6.01. The third-order valence-electron chi connectivity index (χ3n) is 7.74. The minimum atomic E-state index is -0.752. The van der Waals surface area contributed by atoms with E-state index in [4.69, 9.17) is 9.47 Å². The number of hydrogen-bond donors (Lipinski definition) is 1. The lowest BCUT2D eigenvalue weighted by Crippen LogP contribution is -2.43. The molecule has 3 atom stereocenters. The molecule has 2 aromatic rings. The number of ketones is 1. The van der Waals surface area contributed by atoms with Crippen molar-refractivity contribution < 1.29 is 23.5 Å². The number of halogens is 1. The molecule has 3 aliphatic rings. The first-order valence-electron chi connectivity index (χ1n) is 12.8. The summed E-state index contributed by atoms with van der Waals surface area (Å²) >= 11 is 0. The number of carbonyl (C=O) groups is 2. The number of methoxy groups -OCH3 is 1. The van der Waals surface area contributed by atoms with E-state index in [2.05, 4.69) is 11.9 Å². The van der Waals surface area contributed by atoms with Crippen LogP contribution in [-0.4, -0.2) is 25.0 Å². The van der Waals surface area contributed by atoms with Crippen LogP contribution in [0.15, 0.2) is 72.1 Å². The van der Waals surface area contributed by atoms with Crippen LogP contribution in [-0.2, 0) is 14.3 Å². The minimum absolute atomic E-state index is 0.00191. The maximum atomic E-state index is 13.8. The number of allylic oxidation sites excluding steroid dienone is 2. The molecular formula is C30H32FNO4. The van der Waals surface area contributed by atoms with Crippen molar-refractivity contribution in [1.29, 1.82) is 0 Å². The first kappa shape index (κ1) is 24.3. The Morgan fingerprint density at radius 3 is 2.31 bits per heavy atom. The van der Waals surface area contributed by atoms with E-state index >= 15 is 0 Å². The van der Waals surface area contributed by atoms with E-state index in [0.29, 0.717) is 29.7 Å². The Labute approximate surface area is 211 Å². The minimum Gasteiger partial charge on any atom is -0.497 e. The molecule has 36 heavy (non-hydrogen) atoms. The highest BCUT2D eigenvalue weighted by Gasteiger charge is 2.46. The fraction of sp³-hybridized carbons (Fsp3) is 0.400. The van der Waals surface area contributed by atoms with Crippen LogP contribution in [0.2, 0.25) is 0 Å². The van der Waals surface area contributed by atoms with E-state index in [1.165, 1.54) is 12.1 Å². The zero-order chi connectivity index (χ0) is 25.2. The summed E-state index contributed by atoms with van der Waals surface area (Å²) in [4.78, 5) is 27.2. The van der Waals surface area contributed by atoms with Gasteiger partial charge in [0.1, 0.15) is 23.6 Å². The van der Waals surface area contributed by atoms with E-state index in [9.17, 15) is 14.0 Å². The van der Waals surface area contributed by atoms with E-state index < -0.39 is 11.8 Å². The predicted octanol–water partition coefficient (Wildman–Crippen LogP) is 5.93. The van der Waals surface area contributed by atoms with E-state index in [-0.39, 0.29) is 29.6 Å². The Kier molecular flexibility index (Phi) is 6.95. The predicted molar refractivity (Wildman–Crippen MR) is 135 cm³/mol. The maximum Gasteiger partial charge on any atom is 0.316 e. The summed E-state index contributed by atoms with van der Waals surface area (Å²) < 4.78 is 25.0. The molecule has 3 unspecified atom stereocenters. The summed E-state index contributed by atoms with van der Waals surface area (Å²) in [6, 6.07) is 13.8. The largest absolute Gasteiger partial charge is 0.497 e. The molecule has 0 bridgehead atoms. The third-order valence-corrected chi connectivity index (χ3v) is 7.74. The van der Waals surface area contributed by atoms with E-state index in [1.54, 1.807) is 19.2 Å². The van der Waals surface area contributed by atoms with Gasteiger partial charge >= 0.3 is 5.97 Å². The first-order chi connectivity index (χ1) is 17.4. The second-order valence-electron chi connectivity index (χ2n) is 10.0. The van der Waals surface area contributed by atoms with Crippen molar-refractivity contribution in [1.82, 2.24) is 5.32 Å². The molecular weight excluding hydrogens is 457 g/mol. The summed E-state index contributed by atoms with van der Waals surface area (Å²) in [6.07, 6.45) is 5.81. The van der Waals surface area contributed by atoms with Gasteiger partial charge in [0.15, 0.2) is 5.78 Å². The van der Waals surface area contributed by atoms with Crippen LogP contribution >= 0.6 is 0 Å². The van der Waals surface area contributed by atoms with Crippen LogP contribution in [0.4, 0.5) is 4.39 Å². The Bertz CT molecular complexity index is 1180. The van der Waals surface area contributed by atoms with Gasteiger partial charge in [-0.2, -0.15) is 0 Å². The van der Waals surface area contributed by atoms with E-state index in [1.807, 2.05) is 24.3 Å². The van der Waals surface area contributed by atoms with Crippen molar-refractivity contribution in [2.75, 3.05) is 7.11 Å². The Morgan fingerprint density at radius 2 is 1.64 bits per heavy atom. The van der Waals surface area contributed by atoms with Gasteiger partial charge in [-0.25, -0.2) is 4.39 Å². The standard InChI is InChI=1S/C30H32FNO4/c1-18-27(30(34)36-24-6-4-3-5-7-24)28(20-8-12-22(31)13-9-20)29-25(32-18)16-21(17-26(29)33)19-10-14-23(35-2)15-11-19/h8-15,21,24,27-28,32H,1,3-7,16-17H2,2H3. The van der Waals surface area contributed by atoms with Gasteiger partial charge < -0.3 is 14.8 Å². The first-order valence-corrected chi connectivity index (χ1v) is 12.8. The second-order valence-corrected chi connectivity index (χ2v) is 10.0. The van der Waals surface area contributed by atoms with Gasteiger partial charge in [0, 0.05) is 29.3 Å². The maximum absolute atomic E-state index is 13.8. The zero-order valence-corrected chi connectivity index (χ0v) is 20.6. The van der Waals surface area contributed by atoms with Gasteiger partial charge in [-0.05, 0) is 73.4 Å². The van der Waals surface area contributed by atoms with Crippen molar-refractivity contribution >= 4 is 11.8 Å². The summed E-state index contributed by atoms with van der Waals surface area (Å²) in [6.45, 7) is 4.19. The number of nitrogens with one attached hydrogen (secondary N) is 1. The van der Waals surface area contributed by atoms with Gasteiger partial charge in [-0.15, -0.1) is 0 Å². The molecule has 1 N–H and O–H groups in total. The quantitative estimate of drug-likeness (QED) is 0.528. The molecule has 2 aromatic carbocycles. The summed E-state index contributed by atoms with van der Waals surface area (Å²) in [5, 5.41) is 3.32. The number of hydrogen-bond acceptors (Lipinski definition) is 5. The van der Waals surface area contributed by atoms with Crippen LogP contribution < -0.4 is 10.1 Å². The monoisotopic (exact) mass is 489 g/mol. The molecule has 1 saturated carbocycles. The van der Waals surface area contributed by atoms with Crippen LogP contribution in [0.1, 0.15) is 67.9 Å². The fourth-order valence-corrected chi connectivity index (χ4v) is 5.89. The lowest BCUT2D eigenvalue weighted by atomic mass is 9.69. The molecule has 188 valence electrons. The van der Waals surface area contributed by atoms with Gasteiger partial charge in [0.05, 0.1) is 7.11 Å². The fourth-order valence-electron chi connectivity index (χ4n) is 5.89. The average Bonchev–Trinajstić information content (AvgIpc) is 2.89. The molecule has 5 nitrogen and oxygen atoms in total. The van der Waals surface area contributed by atoms with Gasteiger partial charge in [-0.3, -0.25) is 9.59 Å². The summed E-state index contributed by atoms with van der Waals surface area (Å²) in [5.74, 6) is -1.29. The summed E-state index contributed by atoms with van der Waals surface area (Å²) in [5.41, 5.74) is 3.67. The Hall–Kier alpha value is -3.41. The van der Waals surface area contributed by atoms with Crippen LogP contribution in [0.5, 0.6) is 5.75 Å². The molecule has 6 heteroatoms. The second kappa shape index (κ2) is 10.3. The molecule has 1 fully saturated rings. The van der Waals surface area contributed by atoms with Crippen molar-refractivity contribution in [3.8, 4) is 5.75 Å². The molecule has 1 heterocycles. The van der Waals surface area contributed by atoms with Crippen molar-refractivity contribution in [2.45, 2.75) is 62.9 Å². The highest BCUT2D eigenvalue weighted by atomic mass is 19.1. The van der Waals surface area contributed by atoms with Crippen LogP contribution in [0.3, 0.4) is 0 Å². The number of ether oxygens (including phenoxy) is 2. The molecule has 0 aromatic heterocycles. The van der Waals surface area contributed by atoms with Crippen LogP contribution in [0, 0.1) is 11.7 Å². The number of benzene rings is 2. The van der Waals surface area contributed by atoms with Gasteiger partial charge in [0.2, 0.25) is 0 Å². The van der Waals surface area contributed by atoms with E-state index in [0.717, 1.165) is 49.1 Å². The molecule has 0 radical (unpaired) electrons. The number of carbonyl (C=O) groups excluding carboxylic acids is 2. The Morgan fingerprint density at radius 1 is 0.972 bits per heavy atom. The Balaban J connectivity index is 1.49. The molecule has 0 saturated heterocycles. The normalized spacial score (nSPS) is 24.7. The van der Waals surface area contributed by atoms with Crippen molar-refractivity contribution in [2.24, 2.45) is 5.92 Å². The smallest absolute Gasteiger partial charge is 0.316 e. The molecule has 0 amide bonds. The number of rotatable bonds is 5. The summed E-state index contributed by atoms with van der Waals surface area (Å²) in [7, 11) is 1.62. The third kappa shape index (κ3) is 4.81. The van der Waals surface area contributed by atoms with Crippen LogP contribution in [0.25, 0.3) is 0 Å². The number of Topliss-reactive ketones (excluding diaryl/α,β-unsaturated/α-hetero) is 1. The highest BCUT2D eigenvalue weighted by Crippen LogP contribution is 2.47. The lowest BCUT2D eigenvalue weighted by Gasteiger charge is -2.40. The van der Waals surface area contributed by atoms with Gasteiger partial charge in [-0.1, -0.05) is 37.3 Å². The SMILES string of the molecule is C=C1NC2=C(C(=O)CC(c3ccc(OC)cc3)C2)C(c2ccc(F)cc2)C1C(=O)OC1CCCCC1. The molecule has 2 aliphatic carbocycles. The molecule has 0 spiro atoms. The van der Waals surface area contributed by atoms with Gasteiger partial charge in [0.25, 0.3) is 0 Å². The topological polar surface area (TPSA) is 64.6 Å². The van der Waals surface area contributed by atoms with Crippen molar-refractivity contribution in [3.05, 3.63) is 89.0 Å². The van der Waals surface area contributed by atoms with Crippen molar-refractivity contribution in [3.63, 3.8) is 0 Å². The molecule has 1 aliphatic heterocycles. The average molecular weight is 490 g/mol.